The Morgan fingerprint density at radius 3 is 2.24 bits per heavy atom. The number of hydrogen-bond acceptors (Lipinski definition) is 4. The van der Waals surface area contributed by atoms with Crippen molar-refractivity contribution in [2.24, 2.45) is 0 Å². The molecule has 0 aliphatic carbocycles. The van der Waals surface area contributed by atoms with E-state index in [9.17, 15) is 13.2 Å². The summed E-state index contributed by atoms with van der Waals surface area (Å²) in [6.45, 7) is 5.30. The highest BCUT2D eigenvalue weighted by Crippen LogP contribution is 2.64. The van der Waals surface area contributed by atoms with E-state index in [1.54, 1.807) is 24.3 Å². The zero-order valence-electron chi connectivity index (χ0n) is 18.1. The molecule has 0 spiro atoms. The second kappa shape index (κ2) is 6.73. The number of nitrogens with zero attached hydrogens (tertiary/aromatic N) is 3. The Balaban J connectivity index is 1.92. The van der Waals surface area contributed by atoms with E-state index in [2.05, 4.69) is 0 Å². The highest BCUT2D eigenvalue weighted by Gasteiger charge is 2.60. The molecule has 5 rings (SSSR count). The highest BCUT2D eigenvalue weighted by molar-refractivity contribution is 7.17. The van der Waals surface area contributed by atoms with Crippen molar-refractivity contribution in [3.05, 3.63) is 81.2 Å². The summed E-state index contributed by atoms with van der Waals surface area (Å²) in [5.41, 5.74) is 0.707. The van der Waals surface area contributed by atoms with Crippen molar-refractivity contribution in [1.82, 2.24) is 0 Å². The van der Waals surface area contributed by atoms with Crippen LogP contribution in [0.2, 0.25) is 0 Å². The lowest BCUT2D eigenvalue weighted by Gasteiger charge is -2.49. The third kappa shape index (κ3) is 2.66. The van der Waals surface area contributed by atoms with Crippen LogP contribution in [0.3, 0.4) is 0 Å². The van der Waals surface area contributed by atoms with Crippen molar-refractivity contribution in [2.75, 3.05) is 4.90 Å². The van der Waals surface area contributed by atoms with Gasteiger partial charge in [0, 0.05) is 15.9 Å². The summed E-state index contributed by atoms with van der Waals surface area (Å²) in [6.07, 6.45) is -3.20. The van der Waals surface area contributed by atoms with Gasteiger partial charge < -0.3 is 4.90 Å². The van der Waals surface area contributed by atoms with Crippen molar-refractivity contribution in [2.45, 2.75) is 37.8 Å². The van der Waals surface area contributed by atoms with Crippen LogP contribution in [0, 0.1) is 22.7 Å². The molecule has 1 atom stereocenters. The summed E-state index contributed by atoms with van der Waals surface area (Å²) in [5.74, 6) is 0. The lowest BCUT2D eigenvalue weighted by Crippen LogP contribution is -2.46. The SMILES string of the molecule is CC1(C)c2ccccc2N2c3sc(C=C(C#N)C#N)cc3C(C)(C(F)(F)F)c3cccc1c32. The van der Waals surface area contributed by atoms with Gasteiger partial charge in [-0.25, -0.2) is 0 Å². The van der Waals surface area contributed by atoms with Gasteiger partial charge in [0.15, 0.2) is 0 Å². The van der Waals surface area contributed by atoms with E-state index in [1.165, 1.54) is 19.1 Å². The number of fused-ring (bicyclic) bond motifs is 4. The average molecular weight is 462 g/mol. The van der Waals surface area contributed by atoms with Gasteiger partial charge in [-0.3, -0.25) is 0 Å². The Morgan fingerprint density at radius 1 is 0.939 bits per heavy atom. The minimum Gasteiger partial charge on any atom is -0.301 e. The van der Waals surface area contributed by atoms with Crippen LogP contribution in [0.15, 0.2) is 54.1 Å². The molecule has 0 saturated heterocycles. The summed E-state index contributed by atoms with van der Waals surface area (Å²) in [5, 5.41) is 18.8. The maximum absolute atomic E-state index is 14.8. The standard InChI is InChI=1S/C26H18F3N3S/c1-24(2)17-7-4-5-10-21(17)32-22-18(24)8-6-9-19(22)25(3,26(27,28)29)20-12-16(33-23(20)32)11-15(13-30)14-31/h4-12H,1-3H3. The predicted molar refractivity (Wildman–Crippen MR) is 123 cm³/mol. The number of para-hydroxylation sites is 2. The number of allylic oxidation sites excluding steroid dienone is 1. The Bertz CT molecular complexity index is 1420. The van der Waals surface area contributed by atoms with Gasteiger partial charge in [-0.1, -0.05) is 50.2 Å². The van der Waals surface area contributed by atoms with Crippen LogP contribution >= 0.6 is 11.3 Å². The number of anilines is 3. The van der Waals surface area contributed by atoms with Gasteiger partial charge in [0.1, 0.15) is 28.1 Å². The first kappa shape index (κ1) is 21.3. The van der Waals surface area contributed by atoms with Crippen molar-refractivity contribution in [3.8, 4) is 12.1 Å². The molecular formula is C26H18F3N3S. The molecule has 3 nitrogen and oxygen atoms in total. The van der Waals surface area contributed by atoms with E-state index in [0.29, 0.717) is 15.6 Å². The monoisotopic (exact) mass is 461 g/mol. The van der Waals surface area contributed by atoms with E-state index in [-0.39, 0.29) is 16.7 Å². The first-order chi connectivity index (χ1) is 15.6. The zero-order valence-corrected chi connectivity index (χ0v) is 18.9. The van der Waals surface area contributed by atoms with E-state index in [4.69, 9.17) is 10.5 Å². The molecule has 0 bridgehead atoms. The van der Waals surface area contributed by atoms with Gasteiger partial charge in [-0.05, 0) is 41.8 Å². The van der Waals surface area contributed by atoms with E-state index >= 15 is 0 Å². The summed E-state index contributed by atoms with van der Waals surface area (Å²) in [7, 11) is 0. The Morgan fingerprint density at radius 2 is 1.58 bits per heavy atom. The third-order valence-electron chi connectivity index (χ3n) is 6.86. The fourth-order valence-corrected chi connectivity index (χ4v) is 6.27. The average Bonchev–Trinajstić information content (AvgIpc) is 3.20. The molecule has 3 heterocycles. The molecule has 0 fully saturated rings. The minimum atomic E-state index is -4.56. The fraction of sp³-hybridized carbons (Fsp3) is 0.231. The molecule has 3 aromatic rings. The highest BCUT2D eigenvalue weighted by atomic mass is 32.1. The number of rotatable bonds is 1. The van der Waals surface area contributed by atoms with Gasteiger partial charge in [0.05, 0.1) is 11.4 Å². The molecule has 33 heavy (non-hydrogen) atoms. The quantitative estimate of drug-likeness (QED) is 0.353. The molecule has 164 valence electrons. The molecular weight excluding hydrogens is 443 g/mol. The van der Waals surface area contributed by atoms with Gasteiger partial charge in [-0.15, -0.1) is 11.3 Å². The van der Waals surface area contributed by atoms with Crippen molar-refractivity contribution >= 4 is 33.8 Å². The Kier molecular flexibility index (Phi) is 4.34. The topological polar surface area (TPSA) is 50.8 Å². The van der Waals surface area contributed by atoms with Crippen LogP contribution in [0.5, 0.6) is 0 Å². The van der Waals surface area contributed by atoms with Gasteiger partial charge in [-0.2, -0.15) is 23.7 Å². The number of benzene rings is 2. The molecule has 1 unspecified atom stereocenters. The first-order valence-electron chi connectivity index (χ1n) is 10.3. The Hall–Kier alpha value is -3.55. The van der Waals surface area contributed by atoms with E-state index < -0.39 is 17.0 Å². The van der Waals surface area contributed by atoms with Crippen LogP contribution < -0.4 is 4.90 Å². The molecule has 2 aliphatic heterocycles. The summed E-state index contributed by atoms with van der Waals surface area (Å²) >= 11 is 1.16. The molecule has 1 aromatic heterocycles. The third-order valence-corrected chi connectivity index (χ3v) is 7.92. The molecule has 2 aromatic carbocycles. The van der Waals surface area contributed by atoms with Crippen molar-refractivity contribution < 1.29 is 13.2 Å². The largest absolute Gasteiger partial charge is 0.402 e. The van der Waals surface area contributed by atoms with Gasteiger partial charge >= 0.3 is 6.18 Å². The second-order valence-corrected chi connectivity index (χ2v) is 10.0. The normalized spacial score (nSPS) is 19.5. The number of alkyl halides is 3. The lowest BCUT2D eigenvalue weighted by atomic mass is 9.66. The van der Waals surface area contributed by atoms with Gasteiger partial charge in [0.25, 0.3) is 0 Å². The number of thiophene rings is 1. The second-order valence-electron chi connectivity index (χ2n) is 8.95. The summed E-state index contributed by atoms with van der Waals surface area (Å²) in [4.78, 5) is 2.36. The molecule has 0 saturated carbocycles. The van der Waals surface area contributed by atoms with Crippen LogP contribution in [0.1, 0.15) is 47.9 Å². The summed E-state index contributed by atoms with van der Waals surface area (Å²) < 4.78 is 44.5. The summed E-state index contributed by atoms with van der Waals surface area (Å²) in [6, 6.07) is 18.0. The predicted octanol–water partition coefficient (Wildman–Crippen LogP) is 7.47. The molecule has 0 N–H and O–H groups in total. The van der Waals surface area contributed by atoms with E-state index in [1.807, 2.05) is 49.1 Å². The Labute approximate surface area is 193 Å². The van der Waals surface area contributed by atoms with Crippen LogP contribution in [0.4, 0.5) is 29.5 Å². The molecule has 0 radical (unpaired) electrons. The lowest BCUT2D eigenvalue weighted by molar-refractivity contribution is -0.173. The van der Waals surface area contributed by atoms with Crippen molar-refractivity contribution in [1.29, 1.82) is 10.5 Å². The zero-order chi connectivity index (χ0) is 23.8. The molecule has 0 amide bonds. The van der Waals surface area contributed by atoms with Crippen molar-refractivity contribution in [3.63, 3.8) is 0 Å². The first-order valence-corrected chi connectivity index (χ1v) is 11.1. The molecule has 7 heteroatoms. The van der Waals surface area contributed by atoms with Crippen LogP contribution in [-0.4, -0.2) is 6.18 Å². The van der Waals surface area contributed by atoms with Gasteiger partial charge in [0.2, 0.25) is 0 Å². The fourth-order valence-electron chi connectivity index (χ4n) is 5.04. The maximum Gasteiger partial charge on any atom is 0.402 e. The maximum atomic E-state index is 14.8. The van der Waals surface area contributed by atoms with E-state index in [0.717, 1.165) is 28.2 Å². The van der Waals surface area contributed by atoms with Crippen LogP contribution in [0.25, 0.3) is 6.08 Å². The number of halogens is 3. The number of nitriles is 2. The van der Waals surface area contributed by atoms with Crippen LogP contribution in [-0.2, 0) is 10.8 Å². The molecule has 2 aliphatic rings. The number of hydrogen-bond donors (Lipinski definition) is 0. The minimum absolute atomic E-state index is 0.126. The smallest absolute Gasteiger partial charge is 0.301 e.